The first-order chi connectivity index (χ1) is 10.4. The highest BCUT2D eigenvalue weighted by Crippen LogP contribution is 2.27. The van der Waals surface area contributed by atoms with Gasteiger partial charge in [-0.15, -0.1) is 0 Å². The monoisotopic (exact) mass is 314 g/mol. The van der Waals surface area contributed by atoms with Crippen LogP contribution in [0.2, 0.25) is 0 Å². The average Bonchev–Trinajstić information content (AvgIpc) is 2.43. The lowest BCUT2D eigenvalue weighted by molar-refractivity contribution is -0.164. The molecule has 4 atom stereocenters. The number of aliphatic carboxylic acids is 1. The van der Waals surface area contributed by atoms with Gasteiger partial charge in [-0.05, 0) is 18.9 Å². The molecule has 6 heteroatoms. The first-order valence-electron chi connectivity index (χ1n) is 7.89. The van der Waals surface area contributed by atoms with Crippen LogP contribution in [0.15, 0.2) is 12.2 Å². The summed E-state index contributed by atoms with van der Waals surface area (Å²) in [6.45, 7) is 2.08. The molecule has 126 valence electrons. The second-order valence-corrected chi connectivity index (χ2v) is 5.77. The maximum Gasteiger partial charge on any atom is 0.309 e. The molecule has 0 aromatic carbocycles. The molecule has 22 heavy (non-hydrogen) atoms. The fourth-order valence-electron chi connectivity index (χ4n) is 2.59. The van der Waals surface area contributed by atoms with Crippen LogP contribution < -0.4 is 0 Å². The second kappa shape index (κ2) is 9.58. The van der Waals surface area contributed by atoms with Gasteiger partial charge in [0.2, 0.25) is 0 Å². The van der Waals surface area contributed by atoms with Crippen molar-refractivity contribution >= 4 is 11.9 Å². The molecule has 1 heterocycles. The van der Waals surface area contributed by atoms with E-state index in [1.54, 1.807) is 12.2 Å². The Morgan fingerprint density at radius 1 is 1.45 bits per heavy atom. The van der Waals surface area contributed by atoms with Gasteiger partial charge < -0.3 is 20.1 Å². The van der Waals surface area contributed by atoms with E-state index in [4.69, 9.17) is 9.84 Å². The van der Waals surface area contributed by atoms with Gasteiger partial charge in [-0.3, -0.25) is 9.59 Å². The fraction of sp³-hybridized carbons (Fsp3) is 0.750. The number of hydrogen-bond acceptors (Lipinski definition) is 5. The maximum atomic E-state index is 11.4. The van der Waals surface area contributed by atoms with Gasteiger partial charge in [0, 0.05) is 12.3 Å². The number of carboxylic acid groups (broad SMARTS) is 1. The Morgan fingerprint density at radius 3 is 2.82 bits per heavy atom. The van der Waals surface area contributed by atoms with Gasteiger partial charge in [-0.25, -0.2) is 0 Å². The molecule has 1 aliphatic heterocycles. The minimum Gasteiger partial charge on any atom is -0.481 e. The molecule has 0 unspecified atom stereocenters. The molecule has 0 bridgehead atoms. The van der Waals surface area contributed by atoms with Crippen LogP contribution in [0.25, 0.3) is 0 Å². The minimum absolute atomic E-state index is 0.0946. The van der Waals surface area contributed by atoms with Crippen molar-refractivity contribution in [1.82, 2.24) is 0 Å². The molecule has 1 rings (SSSR count). The number of unbranched alkanes of at least 4 members (excludes halogenated alkanes) is 2. The lowest BCUT2D eigenvalue weighted by Crippen LogP contribution is -2.41. The van der Waals surface area contributed by atoms with Crippen molar-refractivity contribution in [2.75, 3.05) is 0 Å². The van der Waals surface area contributed by atoms with Gasteiger partial charge in [0.15, 0.2) is 0 Å². The van der Waals surface area contributed by atoms with Crippen LogP contribution in [0.5, 0.6) is 0 Å². The van der Waals surface area contributed by atoms with Gasteiger partial charge >= 0.3 is 11.9 Å². The van der Waals surface area contributed by atoms with E-state index in [9.17, 15) is 19.8 Å². The van der Waals surface area contributed by atoms with Crippen LogP contribution in [0.4, 0.5) is 0 Å². The summed E-state index contributed by atoms with van der Waals surface area (Å²) in [5.74, 6) is -1.91. The molecule has 1 fully saturated rings. The van der Waals surface area contributed by atoms with Crippen molar-refractivity contribution in [3.05, 3.63) is 12.2 Å². The number of carbonyl (C=O) groups is 2. The van der Waals surface area contributed by atoms with Crippen LogP contribution in [0, 0.1) is 5.92 Å². The summed E-state index contributed by atoms with van der Waals surface area (Å²) in [6.07, 6.45) is 4.60. The van der Waals surface area contributed by atoms with Crippen molar-refractivity contribution < 1.29 is 29.6 Å². The highest BCUT2D eigenvalue weighted by molar-refractivity contribution is 5.71. The lowest BCUT2D eigenvalue weighted by atomic mass is 9.86. The summed E-state index contributed by atoms with van der Waals surface area (Å²) < 4.78 is 5.19. The highest BCUT2D eigenvalue weighted by Gasteiger charge is 2.36. The van der Waals surface area contributed by atoms with Crippen molar-refractivity contribution in [2.24, 2.45) is 5.92 Å². The first kappa shape index (κ1) is 18.6. The molecule has 3 N–H and O–H groups in total. The molecule has 0 aromatic rings. The largest absolute Gasteiger partial charge is 0.481 e. The summed E-state index contributed by atoms with van der Waals surface area (Å²) >= 11 is 0. The number of cyclic esters (lactones) is 1. The summed E-state index contributed by atoms with van der Waals surface area (Å²) in [5.41, 5.74) is 0. The van der Waals surface area contributed by atoms with Crippen LogP contribution in [-0.4, -0.2) is 45.6 Å². The number of rotatable bonds is 9. The SMILES string of the molecule is CCCCC[C@H](O)C=C[C@H]1OC(=O)C[C@H](O)[C@@H]1CCC(=O)O. The van der Waals surface area contributed by atoms with Crippen LogP contribution in [0.1, 0.15) is 51.9 Å². The summed E-state index contributed by atoms with van der Waals surface area (Å²) in [6, 6.07) is 0. The zero-order valence-corrected chi connectivity index (χ0v) is 13.0. The zero-order valence-electron chi connectivity index (χ0n) is 13.0. The van der Waals surface area contributed by atoms with E-state index < -0.39 is 36.2 Å². The van der Waals surface area contributed by atoms with Gasteiger partial charge in [0.1, 0.15) is 6.10 Å². The number of esters is 1. The number of aliphatic hydroxyl groups is 2. The Bertz CT molecular complexity index is 392. The molecule has 0 amide bonds. The molecule has 0 aromatic heterocycles. The smallest absolute Gasteiger partial charge is 0.309 e. The standard InChI is InChI=1S/C16H26O6/c1-2-3-4-5-11(17)6-8-14-12(7-9-15(19)20)13(18)10-16(21)22-14/h6,8,11-14,17-18H,2-5,7,9-10H2,1H3,(H,19,20)/t11-,12-,13-,14+/m0/s1. The third-order valence-corrected chi connectivity index (χ3v) is 3.88. The lowest BCUT2D eigenvalue weighted by Gasteiger charge is -2.33. The fourth-order valence-corrected chi connectivity index (χ4v) is 2.59. The first-order valence-corrected chi connectivity index (χ1v) is 7.89. The Kier molecular flexibility index (Phi) is 8.12. The van der Waals surface area contributed by atoms with Gasteiger partial charge in [0.05, 0.1) is 18.6 Å². The average molecular weight is 314 g/mol. The Balaban J connectivity index is 2.60. The van der Waals surface area contributed by atoms with E-state index in [2.05, 4.69) is 6.92 Å². The van der Waals surface area contributed by atoms with Crippen molar-refractivity contribution in [3.63, 3.8) is 0 Å². The molecule has 0 aliphatic carbocycles. The quantitative estimate of drug-likeness (QED) is 0.339. The van der Waals surface area contributed by atoms with Gasteiger partial charge in [-0.2, -0.15) is 0 Å². The zero-order chi connectivity index (χ0) is 16.5. The van der Waals surface area contributed by atoms with Crippen molar-refractivity contribution in [2.45, 2.75) is 70.2 Å². The van der Waals surface area contributed by atoms with Crippen molar-refractivity contribution in [3.8, 4) is 0 Å². The van der Waals surface area contributed by atoms with E-state index in [1.807, 2.05) is 0 Å². The predicted molar refractivity (Wildman–Crippen MR) is 80.2 cm³/mol. The molecule has 0 radical (unpaired) electrons. The van der Waals surface area contributed by atoms with Crippen LogP contribution in [-0.2, 0) is 14.3 Å². The van der Waals surface area contributed by atoms with E-state index in [0.717, 1.165) is 19.3 Å². The number of carboxylic acids is 1. The Labute approximate surface area is 130 Å². The third-order valence-electron chi connectivity index (χ3n) is 3.88. The molecular formula is C16H26O6. The highest BCUT2D eigenvalue weighted by atomic mass is 16.5. The van der Waals surface area contributed by atoms with E-state index in [1.165, 1.54) is 0 Å². The number of aliphatic hydroxyl groups excluding tert-OH is 2. The number of carbonyl (C=O) groups excluding carboxylic acids is 1. The summed E-state index contributed by atoms with van der Waals surface area (Å²) in [5, 5.41) is 28.6. The maximum absolute atomic E-state index is 11.4. The molecule has 1 aliphatic rings. The van der Waals surface area contributed by atoms with Crippen LogP contribution in [0.3, 0.4) is 0 Å². The van der Waals surface area contributed by atoms with Crippen molar-refractivity contribution in [1.29, 1.82) is 0 Å². The van der Waals surface area contributed by atoms with Gasteiger partial charge in [0.25, 0.3) is 0 Å². The summed E-state index contributed by atoms with van der Waals surface area (Å²) in [7, 11) is 0. The van der Waals surface area contributed by atoms with E-state index in [-0.39, 0.29) is 19.3 Å². The minimum atomic E-state index is -0.952. The normalized spacial score (nSPS) is 26.9. The van der Waals surface area contributed by atoms with Crippen LogP contribution >= 0.6 is 0 Å². The van der Waals surface area contributed by atoms with E-state index in [0.29, 0.717) is 6.42 Å². The number of ether oxygens (including phenoxy) is 1. The second-order valence-electron chi connectivity index (χ2n) is 5.77. The Morgan fingerprint density at radius 2 is 2.18 bits per heavy atom. The summed E-state index contributed by atoms with van der Waals surface area (Å²) in [4.78, 5) is 22.1. The topological polar surface area (TPSA) is 104 Å². The van der Waals surface area contributed by atoms with E-state index >= 15 is 0 Å². The molecule has 6 nitrogen and oxygen atoms in total. The third kappa shape index (κ3) is 6.58. The van der Waals surface area contributed by atoms with Gasteiger partial charge in [-0.1, -0.05) is 32.3 Å². The molecule has 0 spiro atoms. The molecule has 1 saturated heterocycles. The molecular weight excluding hydrogens is 288 g/mol. The molecule has 0 saturated carbocycles. The predicted octanol–water partition coefficient (Wildman–Crippen LogP) is 1.64. The Hall–Kier alpha value is -1.40. The number of hydrogen-bond donors (Lipinski definition) is 3.